The number of nitrogens with zero attached hydrogens (tertiary/aromatic N) is 1. The maximum atomic E-state index is 12.4. The van der Waals surface area contributed by atoms with Crippen LogP contribution in [-0.4, -0.2) is 21.0 Å². The zero-order valence-corrected chi connectivity index (χ0v) is 9.73. The highest BCUT2D eigenvalue weighted by molar-refractivity contribution is 5.86. The van der Waals surface area contributed by atoms with E-state index in [4.69, 9.17) is 5.11 Å². The van der Waals surface area contributed by atoms with Gasteiger partial charge in [0.25, 0.3) is 0 Å². The van der Waals surface area contributed by atoms with Crippen molar-refractivity contribution in [2.45, 2.75) is 6.18 Å². The maximum absolute atomic E-state index is 12.4. The Bertz CT molecular complexity index is 705. The Morgan fingerprint density at radius 1 is 1.20 bits per heavy atom. The molecular formula is C12H7F3N2O3. The summed E-state index contributed by atoms with van der Waals surface area (Å²) in [5.41, 5.74) is -1.92. The molecular weight excluding hydrogens is 277 g/mol. The third kappa shape index (κ3) is 2.85. The SMILES string of the molecule is O=C(O)c1cc(-c2ccc(C(F)(F)F)cc2)nc(=O)[nH]1. The molecule has 8 heteroatoms. The lowest BCUT2D eigenvalue weighted by Crippen LogP contribution is -2.16. The van der Waals surface area contributed by atoms with Gasteiger partial charge >= 0.3 is 17.8 Å². The largest absolute Gasteiger partial charge is 0.477 e. The van der Waals surface area contributed by atoms with E-state index in [0.717, 1.165) is 30.3 Å². The molecule has 1 aromatic heterocycles. The van der Waals surface area contributed by atoms with E-state index in [9.17, 15) is 22.8 Å². The number of aromatic nitrogens is 2. The molecule has 104 valence electrons. The zero-order chi connectivity index (χ0) is 14.9. The second-order valence-electron chi connectivity index (χ2n) is 3.87. The van der Waals surface area contributed by atoms with Crippen molar-refractivity contribution in [1.82, 2.24) is 9.97 Å². The van der Waals surface area contributed by atoms with Crippen LogP contribution in [0.25, 0.3) is 11.3 Å². The average Bonchev–Trinajstić information content (AvgIpc) is 2.37. The smallest absolute Gasteiger partial charge is 0.416 e. The van der Waals surface area contributed by atoms with E-state index in [1.807, 2.05) is 4.98 Å². The van der Waals surface area contributed by atoms with Crippen LogP contribution >= 0.6 is 0 Å². The first-order valence-electron chi connectivity index (χ1n) is 5.29. The van der Waals surface area contributed by atoms with Crippen LogP contribution in [-0.2, 0) is 6.18 Å². The summed E-state index contributed by atoms with van der Waals surface area (Å²) in [6, 6.07) is 4.98. The van der Waals surface area contributed by atoms with Gasteiger partial charge in [-0.25, -0.2) is 9.59 Å². The molecule has 2 rings (SSSR count). The van der Waals surface area contributed by atoms with Crippen LogP contribution in [0.4, 0.5) is 13.2 Å². The minimum atomic E-state index is -4.47. The van der Waals surface area contributed by atoms with Crippen molar-refractivity contribution >= 4 is 5.97 Å². The second kappa shape index (κ2) is 4.80. The number of carboxylic acids is 1. The number of aromatic carboxylic acids is 1. The van der Waals surface area contributed by atoms with Crippen molar-refractivity contribution < 1.29 is 23.1 Å². The molecule has 0 saturated heterocycles. The molecule has 0 spiro atoms. The molecule has 1 heterocycles. The van der Waals surface area contributed by atoms with Crippen molar-refractivity contribution in [3.05, 3.63) is 52.1 Å². The van der Waals surface area contributed by atoms with Crippen molar-refractivity contribution in [3.8, 4) is 11.3 Å². The molecule has 2 aromatic rings. The fraction of sp³-hybridized carbons (Fsp3) is 0.0833. The lowest BCUT2D eigenvalue weighted by Gasteiger charge is -2.07. The Labute approximate surface area is 109 Å². The van der Waals surface area contributed by atoms with Crippen LogP contribution in [0, 0.1) is 0 Å². The van der Waals surface area contributed by atoms with Gasteiger partial charge in [-0.1, -0.05) is 12.1 Å². The fourth-order valence-corrected chi connectivity index (χ4v) is 1.55. The summed E-state index contributed by atoms with van der Waals surface area (Å²) in [6.45, 7) is 0. The summed E-state index contributed by atoms with van der Waals surface area (Å²) in [4.78, 5) is 27.5. The predicted octanol–water partition coefficient (Wildman–Crippen LogP) is 2.15. The molecule has 0 aliphatic carbocycles. The lowest BCUT2D eigenvalue weighted by molar-refractivity contribution is -0.137. The lowest BCUT2D eigenvalue weighted by atomic mass is 10.1. The first kappa shape index (κ1) is 13.8. The van der Waals surface area contributed by atoms with Gasteiger partial charge in [0.05, 0.1) is 11.3 Å². The first-order valence-corrected chi connectivity index (χ1v) is 5.29. The summed E-state index contributed by atoms with van der Waals surface area (Å²) in [5, 5.41) is 8.78. The quantitative estimate of drug-likeness (QED) is 0.885. The Morgan fingerprint density at radius 3 is 2.30 bits per heavy atom. The zero-order valence-electron chi connectivity index (χ0n) is 9.73. The van der Waals surface area contributed by atoms with E-state index in [2.05, 4.69) is 4.98 Å². The van der Waals surface area contributed by atoms with Gasteiger partial charge in [-0.2, -0.15) is 18.2 Å². The number of hydrogen-bond donors (Lipinski definition) is 2. The van der Waals surface area contributed by atoms with E-state index in [1.54, 1.807) is 0 Å². The fourth-order valence-electron chi connectivity index (χ4n) is 1.55. The molecule has 0 amide bonds. The minimum Gasteiger partial charge on any atom is -0.477 e. The van der Waals surface area contributed by atoms with E-state index in [0.29, 0.717) is 0 Å². The van der Waals surface area contributed by atoms with Gasteiger partial charge in [0.2, 0.25) is 0 Å². The molecule has 2 N–H and O–H groups in total. The van der Waals surface area contributed by atoms with Gasteiger partial charge in [0.15, 0.2) is 0 Å². The van der Waals surface area contributed by atoms with Crippen LogP contribution in [0.15, 0.2) is 35.1 Å². The average molecular weight is 284 g/mol. The number of nitrogens with one attached hydrogen (secondary N) is 1. The van der Waals surface area contributed by atoms with Crippen molar-refractivity contribution in [2.75, 3.05) is 0 Å². The molecule has 0 unspecified atom stereocenters. The van der Waals surface area contributed by atoms with Gasteiger partial charge in [-0.3, -0.25) is 4.98 Å². The van der Waals surface area contributed by atoms with Crippen LogP contribution in [0.1, 0.15) is 16.1 Å². The summed E-state index contributed by atoms with van der Waals surface area (Å²) in [7, 11) is 0. The van der Waals surface area contributed by atoms with E-state index < -0.39 is 23.4 Å². The van der Waals surface area contributed by atoms with Crippen LogP contribution in [0.3, 0.4) is 0 Å². The molecule has 1 aromatic carbocycles. The maximum Gasteiger partial charge on any atom is 0.416 e. The number of hydrogen-bond acceptors (Lipinski definition) is 3. The van der Waals surface area contributed by atoms with E-state index in [1.165, 1.54) is 0 Å². The highest BCUT2D eigenvalue weighted by Crippen LogP contribution is 2.30. The van der Waals surface area contributed by atoms with Crippen LogP contribution < -0.4 is 5.69 Å². The Morgan fingerprint density at radius 2 is 1.80 bits per heavy atom. The third-order valence-electron chi connectivity index (χ3n) is 2.48. The van der Waals surface area contributed by atoms with Crippen molar-refractivity contribution in [1.29, 1.82) is 0 Å². The number of rotatable bonds is 2. The number of benzene rings is 1. The van der Waals surface area contributed by atoms with E-state index in [-0.39, 0.29) is 17.0 Å². The third-order valence-corrected chi connectivity index (χ3v) is 2.48. The molecule has 0 saturated carbocycles. The standard InChI is InChI=1S/C12H7F3N2O3/c13-12(14,15)7-3-1-6(2-4-7)8-5-9(10(18)19)17-11(20)16-8/h1-5H,(H,18,19)(H,16,17,20). The number of H-pyrrole nitrogens is 1. The molecule has 0 fully saturated rings. The van der Waals surface area contributed by atoms with Gasteiger partial charge in [0.1, 0.15) is 5.69 Å². The normalized spacial score (nSPS) is 11.3. The van der Waals surface area contributed by atoms with Gasteiger partial charge in [-0.15, -0.1) is 0 Å². The Balaban J connectivity index is 2.47. The first-order chi connectivity index (χ1) is 9.27. The van der Waals surface area contributed by atoms with Crippen molar-refractivity contribution in [2.24, 2.45) is 0 Å². The molecule has 5 nitrogen and oxygen atoms in total. The van der Waals surface area contributed by atoms with Crippen molar-refractivity contribution in [3.63, 3.8) is 0 Å². The monoisotopic (exact) mass is 284 g/mol. The number of carboxylic acid groups (broad SMARTS) is 1. The number of alkyl halides is 3. The Hall–Kier alpha value is -2.64. The minimum absolute atomic E-state index is 0.0140. The topological polar surface area (TPSA) is 83.0 Å². The number of aromatic amines is 1. The molecule has 0 atom stereocenters. The van der Waals surface area contributed by atoms with E-state index >= 15 is 0 Å². The van der Waals surface area contributed by atoms with Gasteiger partial charge < -0.3 is 5.11 Å². The summed E-state index contributed by atoms with van der Waals surface area (Å²) in [6.07, 6.45) is -4.47. The summed E-state index contributed by atoms with van der Waals surface area (Å²) < 4.78 is 37.2. The molecule has 0 aliphatic rings. The molecule has 0 radical (unpaired) electrons. The van der Waals surface area contributed by atoms with Gasteiger partial charge in [-0.05, 0) is 18.2 Å². The summed E-state index contributed by atoms with van der Waals surface area (Å²) >= 11 is 0. The number of carbonyl (C=O) groups is 1. The number of halogens is 3. The Kier molecular flexibility index (Phi) is 3.31. The highest BCUT2D eigenvalue weighted by Gasteiger charge is 2.30. The van der Waals surface area contributed by atoms with Crippen LogP contribution in [0.5, 0.6) is 0 Å². The molecule has 20 heavy (non-hydrogen) atoms. The second-order valence-corrected chi connectivity index (χ2v) is 3.87. The molecule has 0 aliphatic heterocycles. The highest BCUT2D eigenvalue weighted by atomic mass is 19.4. The predicted molar refractivity (Wildman–Crippen MR) is 62.3 cm³/mol. The van der Waals surface area contributed by atoms with Gasteiger partial charge in [0, 0.05) is 5.56 Å². The summed E-state index contributed by atoms with van der Waals surface area (Å²) in [5.74, 6) is -1.36. The van der Waals surface area contributed by atoms with Crippen LogP contribution in [0.2, 0.25) is 0 Å². The molecule has 0 bridgehead atoms.